The highest BCUT2D eigenvalue weighted by atomic mass is 16.2. The molecule has 0 aliphatic heterocycles. The molecule has 2 atom stereocenters. The molecule has 0 fully saturated rings. The SMILES string of the molecule is CCCC(N)C(=O)N[C@@H](Cc1ccccc1)C(=O)N(C)c1ccccc1. The number of carbonyl (C=O) groups excluding carboxylic acids is 2. The number of nitrogens with one attached hydrogen (secondary N) is 1. The fourth-order valence-electron chi connectivity index (χ4n) is 2.78. The van der Waals surface area contributed by atoms with Crippen molar-refractivity contribution in [2.24, 2.45) is 5.73 Å². The number of rotatable bonds is 8. The molecule has 2 aromatic carbocycles. The Balaban J connectivity index is 2.18. The first-order valence-corrected chi connectivity index (χ1v) is 8.95. The van der Waals surface area contributed by atoms with Gasteiger partial charge in [-0.25, -0.2) is 0 Å². The van der Waals surface area contributed by atoms with E-state index in [1.807, 2.05) is 67.6 Å². The summed E-state index contributed by atoms with van der Waals surface area (Å²) in [6.45, 7) is 1.98. The molecule has 0 radical (unpaired) electrons. The Morgan fingerprint density at radius 2 is 1.62 bits per heavy atom. The van der Waals surface area contributed by atoms with Crippen LogP contribution in [-0.4, -0.2) is 30.9 Å². The molecule has 0 bridgehead atoms. The van der Waals surface area contributed by atoms with Gasteiger partial charge >= 0.3 is 0 Å². The van der Waals surface area contributed by atoms with Gasteiger partial charge in [-0.15, -0.1) is 0 Å². The second-order valence-electron chi connectivity index (χ2n) is 6.38. The first-order chi connectivity index (χ1) is 12.5. The fraction of sp³-hybridized carbons (Fsp3) is 0.333. The first-order valence-electron chi connectivity index (χ1n) is 8.95. The van der Waals surface area contributed by atoms with Crippen molar-refractivity contribution in [1.29, 1.82) is 0 Å². The summed E-state index contributed by atoms with van der Waals surface area (Å²) in [4.78, 5) is 27.0. The van der Waals surface area contributed by atoms with E-state index in [4.69, 9.17) is 5.73 Å². The average molecular weight is 353 g/mol. The number of hydrogen-bond donors (Lipinski definition) is 2. The predicted molar refractivity (Wildman–Crippen MR) is 105 cm³/mol. The van der Waals surface area contributed by atoms with Crippen molar-refractivity contribution < 1.29 is 9.59 Å². The third-order valence-corrected chi connectivity index (χ3v) is 4.31. The lowest BCUT2D eigenvalue weighted by molar-refractivity contribution is -0.128. The van der Waals surface area contributed by atoms with Crippen LogP contribution in [0, 0.1) is 0 Å². The molecular weight excluding hydrogens is 326 g/mol. The molecular formula is C21H27N3O2. The van der Waals surface area contributed by atoms with Gasteiger partial charge in [0.2, 0.25) is 11.8 Å². The van der Waals surface area contributed by atoms with Gasteiger partial charge in [0.15, 0.2) is 0 Å². The second kappa shape index (κ2) is 9.73. The Morgan fingerprint density at radius 3 is 2.19 bits per heavy atom. The van der Waals surface area contributed by atoms with E-state index in [1.165, 1.54) is 0 Å². The van der Waals surface area contributed by atoms with Crippen molar-refractivity contribution in [3.8, 4) is 0 Å². The van der Waals surface area contributed by atoms with Crippen molar-refractivity contribution in [2.75, 3.05) is 11.9 Å². The Labute approximate surface area is 155 Å². The van der Waals surface area contributed by atoms with Crippen LogP contribution in [0.1, 0.15) is 25.3 Å². The third-order valence-electron chi connectivity index (χ3n) is 4.31. The molecule has 0 heterocycles. The zero-order valence-electron chi connectivity index (χ0n) is 15.4. The number of benzene rings is 2. The molecule has 26 heavy (non-hydrogen) atoms. The van der Waals surface area contributed by atoms with Crippen LogP contribution in [0.25, 0.3) is 0 Å². The maximum Gasteiger partial charge on any atom is 0.249 e. The molecule has 0 saturated carbocycles. The predicted octanol–water partition coefficient (Wildman–Crippen LogP) is 2.50. The number of likely N-dealkylation sites (N-methyl/N-ethyl adjacent to an activating group) is 1. The van der Waals surface area contributed by atoms with E-state index in [2.05, 4.69) is 5.32 Å². The van der Waals surface area contributed by atoms with E-state index >= 15 is 0 Å². The monoisotopic (exact) mass is 353 g/mol. The van der Waals surface area contributed by atoms with Crippen LogP contribution in [0.15, 0.2) is 60.7 Å². The van der Waals surface area contributed by atoms with Crippen LogP contribution in [0.3, 0.4) is 0 Å². The van der Waals surface area contributed by atoms with E-state index < -0.39 is 12.1 Å². The normalized spacial score (nSPS) is 12.9. The van der Waals surface area contributed by atoms with Crippen LogP contribution in [-0.2, 0) is 16.0 Å². The molecule has 138 valence electrons. The van der Waals surface area contributed by atoms with E-state index in [0.29, 0.717) is 12.8 Å². The van der Waals surface area contributed by atoms with Crippen LogP contribution in [0.5, 0.6) is 0 Å². The molecule has 0 aliphatic rings. The van der Waals surface area contributed by atoms with Gasteiger partial charge in [0.25, 0.3) is 0 Å². The number of amides is 2. The van der Waals surface area contributed by atoms with Crippen molar-refractivity contribution in [1.82, 2.24) is 5.32 Å². The summed E-state index contributed by atoms with van der Waals surface area (Å²) in [6.07, 6.45) is 1.82. The number of nitrogens with zero attached hydrogens (tertiary/aromatic N) is 1. The lowest BCUT2D eigenvalue weighted by Crippen LogP contribution is -2.53. The van der Waals surface area contributed by atoms with E-state index in [9.17, 15) is 9.59 Å². The molecule has 3 N–H and O–H groups in total. The summed E-state index contributed by atoms with van der Waals surface area (Å²) in [7, 11) is 1.72. The molecule has 2 aromatic rings. The van der Waals surface area contributed by atoms with Crippen molar-refractivity contribution in [3.63, 3.8) is 0 Å². The van der Waals surface area contributed by atoms with Gasteiger partial charge in [-0.05, 0) is 24.1 Å². The molecule has 0 spiro atoms. The van der Waals surface area contributed by atoms with Crippen molar-refractivity contribution in [2.45, 2.75) is 38.3 Å². The van der Waals surface area contributed by atoms with Gasteiger partial charge in [-0.1, -0.05) is 61.9 Å². The summed E-state index contributed by atoms with van der Waals surface area (Å²) >= 11 is 0. The number of nitrogens with two attached hydrogens (primary N) is 1. The second-order valence-corrected chi connectivity index (χ2v) is 6.38. The van der Waals surface area contributed by atoms with Gasteiger partial charge in [-0.3, -0.25) is 9.59 Å². The number of carbonyl (C=O) groups is 2. The number of para-hydroxylation sites is 1. The minimum Gasteiger partial charge on any atom is -0.343 e. The molecule has 0 aromatic heterocycles. The van der Waals surface area contributed by atoms with Crippen LogP contribution < -0.4 is 16.0 Å². The maximum atomic E-state index is 13.0. The number of hydrogen-bond acceptors (Lipinski definition) is 3. The largest absolute Gasteiger partial charge is 0.343 e. The average Bonchev–Trinajstić information content (AvgIpc) is 2.68. The summed E-state index contributed by atoms with van der Waals surface area (Å²) in [6, 6.07) is 17.8. The summed E-state index contributed by atoms with van der Waals surface area (Å²) < 4.78 is 0. The van der Waals surface area contributed by atoms with Crippen LogP contribution >= 0.6 is 0 Å². The van der Waals surface area contributed by atoms with E-state index in [-0.39, 0.29) is 11.8 Å². The Morgan fingerprint density at radius 1 is 1.04 bits per heavy atom. The lowest BCUT2D eigenvalue weighted by atomic mass is 10.0. The van der Waals surface area contributed by atoms with Crippen LogP contribution in [0.4, 0.5) is 5.69 Å². The highest BCUT2D eigenvalue weighted by molar-refractivity contribution is 5.99. The minimum atomic E-state index is -0.669. The Bertz CT molecular complexity index is 704. The zero-order chi connectivity index (χ0) is 18.9. The number of anilines is 1. The van der Waals surface area contributed by atoms with Gasteiger partial charge in [-0.2, -0.15) is 0 Å². The molecule has 0 saturated heterocycles. The van der Waals surface area contributed by atoms with E-state index in [1.54, 1.807) is 11.9 Å². The topological polar surface area (TPSA) is 75.4 Å². The molecule has 1 unspecified atom stereocenters. The molecule has 0 aliphatic carbocycles. The zero-order valence-corrected chi connectivity index (χ0v) is 15.4. The Hall–Kier alpha value is -2.66. The molecule has 2 rings (SSSR count). The van der Waals surface area contributed by atoms with E-state index in [0.717, 1.165) is 17.7 Å². The smallest absolute Gasteiger partial charge is 0.249 e. The maximum absolute atomic E-state index is 13.0. The highest BCUT2D eigenvalue weighted by Gasteiger charge is 2.26. The minimum absolute atomic E-state index is 0.169. The summed E-state index contributed by atoms with van der Waals surface area (Å²) in [5.74, 6) is -0.459. The molecule has 5 heteroatoms. The molecule has 5 nitrogen and oxygen atoms in total. The van der Waals surface area contributed by atoms with Gasteiger partial charge in [0.05, 0.1) is 6.04 Å². The Kier molecular flexibility index (Phi) is 7.36. The highest BCUT2D eigenvalue weighted by Crippen LogP contribution is 2.14. The standard InChI is InChI=1S/C21H27N3O2/c1-3-10-18(22)20(25)23-19(15-16-11-6-4-7-12-16)21(26)24(2)17-13-8-5-9-14-17/h4-9,11-14,18-19H,3,10,15,22H2,1-2H3,(H,23,25)/t18?,19-/m0/s1. The first kappa shape index (κ1) is 19.7. The summed E-state index contributed by atoms with van der Waals surface area (Å²) in [5.41, 5.74) is 7.68. The molecule has 2 amide bonds. The van der Waals surface area contributed by atoms with Crippen molar-refractivity contribution in [3.05, 3.63) is 66.2 Å². The van der Waals surface area contributed by atoms with Gasteiger partial charge < -0.3 is 16.0 Å². The lowest BCUT2D eigenvalue weighted by Gasteiger charge is -2.26. The third kappa shape index (κ3) is 5.43. The summed E-state index contributed by atoms with van der Waals surface area (Å²) in [5, 5.41) is 2.85. The van der Waals surface area contributed by atoms with Gasteiger partial charge in [0, 0.05) is 19.2 Å². The van der Waals surface area contributed by atoms with Crippen molar-refractivity contribution >= 4 is 17.5 Å². The quantitative estimate of drug-likeness (QED) is 0.766. The van der Waals surface area contributed by atoms with Crippen LogP contribution in [0.2, 0.25) is 0 Å². The van der Waals surface area contributed by atoms with Gasteiger partial charge in [0.1, 0.15) is 6.04 Å². The fourth-order valence-corrected chi connectivity index (χ4v) is 2.78.